The van der Waals surface area contributed by atoms with E-state index in [-0.39, 0.29) is 30.4 Å². The molecule has 1 saturated carbocycles. The summed E-state index contributed by atoms with van der Waals surface area (Å²) in [6.07, 6.45) is 2.43. The third kappa shape index (κ3) is 2.35. The molecular weight excluding hydrogens is 208 g/mol. The van der Waals surface area contributed by atoms with Crippen molar-refractivity contribution in [3.05, 3.63) is 0 Å². The Kier molecular flexibility index (Phi) is 3.14. The summed E-state index contributed by atoms with van der Waals surface area (Å²) in [5, 5.41) is 2.88. The summed E-state index contributed by atoms with van der Waals surface area (Å²) in [6.45, 7) is 2.82. The minimum absolute atomic E-state index is 0.0453. The first-order valence-electron chi connectivity index (χ1n) is 5.74. The van der Waals surface area contributed by atoms with Crippen LogP contribution in [0.3, 0.4) is 0 Å². The van der Waals surface area contributed by atoms with Gasteiger partial charge in [-0.25, -0.2) is 0 Å². The van der Waals surface area contributed by atoms with Gasteiger partial charge in [0.1, 0.15) is 0 Å². The first-order valence-corrected chi connectivity index (χ1v) is 5.74. The van der Waals surface area contributed by atoms with Gasteiger partial charge in [0.25, 0.3) is 0 Å². The van der Waals surface area contributed by atoms with E-state index >= 15 is 0 Å². The second-order valence-corrected chi connectivity index (χ2v) is 4.63. The Morgan fingerprint density at radius 3 is 2.81 bits per heavy atom. The average molecular weight is 226 g/mol. The number of amides is 1. The summed E-state index contributed by atoms with van der Waals surface area (Å²) in [5.74, 6) is -0.364. The summed E-state index contributed by atoms with van der Waals surface area (Å²) in [6, 6.07) is 0.321. The molecule has 5 nitrogen and oxygen atoms in total. The Balaban J connectivity index is 2.05. The average Bonchev–Trinajstić information content (AvgIpc) is 3.04. The monoisotopic (exact) mass is 226 g/mol. The zero-order valence-corrected chi connectivity index (χ0v) is 9.73. The number of nitrogens with zero attached hydrogens (tertiary/aromatic N) is 1. The molecule has 2 unspecified atom stereocenters. The first kappa shape index (κ1) is 11.4. The summed E-state index contributed by atoms with van der Waals surface area (Å²) in [4.78, 5) is 25.3. The molecule has 5 heteroatoms. The molecule has 2 atom stereocenters. The minimum Gasteiger partial charge on any atom is -0.469 e. The number of ether oxygens (including phenoxy) is 1. The molecule has 1 N–H and O–H groups in total. The highest BCUT2D eigenvalue weighted by Gasteiger charge is 2.42. The molecule has 2 aliphatic rings. The van der Waals surface area contributed by atoms with Crippen LogP contribution in [0.1, 0.15) is 26.2 Å². The van der Waals surface area contributed by atoms with Crippen LogP contribution in [-0.2, 0) is 14.3 Å². The van der Waals surface area contributed by atoms with Gasteiger partial charge in [0.2, 0.25) is 5.91 Å². The van der Waals surface area contributed by atoms with Gasteiger partial charge in [-0.1, -0.05) is 0 Å². The normalized spacial score (nSPS) is 31.0. The molecule has 90 valence electrons. The largest absolute Gasteiger partial charge is 0.469 e. The van der Waals surface area contributed by atoms with Gasteiger partial charge in [-0.05, 0) is 19.8 Å². The molecule has 1 amide bonds. The van der Waals surface area contributed by atoms with Crippen LogP contribution in [0.15, 0.2) is 0 Å². The van der Waals surface area contributed by atoms with Gasteiger partial charge in [0.05, 0.1) is 19.6 Å². The van der Waals surface area contributed by atoms with E-state index in [9.17, 15) is 9.59 Å². The predicted octanol–water partition coefficient (Wildman–Crippen LogP) is -0.0992. The van der Waals surface area contributed by atoms with Crippen LogP contribution in [0.25, 0.3) is 0 Å². The summed E-state index contributed by atoms with van der Waals surface area (Å²) in [7, 11) is 1.35. The third-order valence-corrected chi connectivity index (χ3v) is 3.18. The first-order chi connectivity index (χ1) is 7.61. The SMILES string of the molecule is COC(=O)CC1C(=O)NC(C)CN1C1CC1. The number of carbonyl (C=O) groups excluding carboxylic acids is 2. The lowest BCUT2D eigenvalue weighted by Gasteiger charge is -2.37. The number of rotatable bonds is 3. The van der Waals surface area contributed by atoms with E-state index in [4.69, 9.17) is 0 Å². The number of carbonyl (C=O) groups is 2. The van der Waals surface area contributed by atoms with Crippen LogP contribution in [-0.4, -0.2) is 48.6 Å². The highest BCUT2D eigenvalue weighted by molar-refractivity contribution is 5.87. The minimum atomic E-state index is -0.337. The van der Waals surface area contributed by atoms with Crippen molar-refractivity contribution < 1.29 is 14.3 Å². The number of hydrogen-bond acceptors (Lipinski definition) is 4. The van der Waals surface area contributed by atoms with E-state index in [1.165, 1.54) is 7.11 Å². The Labute approximate surface area is 95.1 Å². The van der Waals surface area contributed by atoms with Crippen LogP contribution in [0, 0.1) is 0 Å². The molecule has 1 aliphatic carbocycles. The van der Waals surface area contributed by atoms with Crippen molar-refractivity contribution in [2.24, 2.45) is 0 Å². The quantitative estimate of drug-likeness (QED) is 0.683. The fraction of sp³-hybridized carbons (Fsp3) is 0.818. The van der Waals surface area contributed by atoms with Crippen molar-refractivity contribution in [1.82, 2.24) is 10.2 Å². The second kappa shape index (κ2) is 4.41. The van der Waals surface area contributed by atoms with Crippen LogP contribution >= 0.6 is 0 Å². The molecule has 2 fully saturated rings. The predicted molar refractivity (Wildman–Crippen MR) is 57.8 cm³/mol. The topological polar surface area (TPSA) is 58.6 Å². The van der Waals surface area contributed by atoms with E-state index in [2.05, 4.69) is 15.0 Å². The van der Waals surface area contributed by atoms with Gasteiger partial charge < -0.3 is 10.1 Å². The Hall–Kier alpha value is -1.10. The van der Waals surface area contributed by atoms with Crippen molar-refractivity contribution >= 4 is 11.9 Å². The zero-order valence-electron chi connectivity index (χ0n) is 9.73. The van der Waals surface area contributed by atoms with E-state index in [1.807, 2.05) is 6.92 Å². The Morgan fingerprint density at radius 1 is 1.56 bits per heavy atom. The maximum absolute atomic E-state index is 11.8. The van der Waals surface area contributed by atoms with Crippen molar-refractivity contribution in [2.75, 3.05) is 13.7 Å². The summed E-state index contributed by atoms with van der Waals surface area (Å²) >= 11 is 0. The van der Waals surface area contributed by atoms with Gasteiger partial charge >= 0.3 is 5.97 Å². The van der Waals surface area contributed by atoms with Gasteiger partial charge in [-0.2, -0.15) is 0 Å². The summed E-state index contributed by atoms with van der Waals surface area (Å²) < 4.78 is 4.63. The van der Waals surface area contributed by atoms with Crippen LogP contribution in [0.4, 0.5) is 0 Å². The molecule has 0 bridgehead atoms. The standard InChI is InChI=1S/C11H18N2O3/c1-7-6-13(8-3-4-8)9(11(15)12-7)5-10(14)16-2/h7-9H,3-6H2,1-2H3,(H,12,15). The fourth-order valence-corrected chi connectivity index (χ4v) is 2.24. The molecular formula is C11H18N2O3. The lowest BCUT2D eigenvalue weighted by Crippen LogP contribution is -2.60. The van der Waals surface area contributed by atoms with Crippen LogP contribution < -0.4 is 5.32 Å². The fourth-order valence-electron chi connectivity index (χ4n) is 2.24. The van der Waals surface area contributed by atoms with Gasteiger partial charge in [0, 0.05) is 18.6 Å². The van der Waals surface area contributed by atoms with Crippen LogP contribution in [0.5, 0.6) is 0 Å². The zero-order chi connectivity index (χ0) is 11.7. The van der Waals surface area contributed by atoms with Crippen molar-refractivity contribution in [3.8, 4) is 0 Å². The van der Waals surface area contributed by atoms with Gasteiger partial charge in [-0.15, -0.1) is 0 Å². The highest BCUT2D eigenvalue weighted by Crippen LogP contribution is 2.31. The number of hydrogen-bond donors (Lipinski definition) is 1. The third-order valence-electron chi connectivity index (χ3n) is 3.18. The molecule has 1 saturated heterocycles. The molecule has 16 heavy (non-hydrogen) atoms. The second-order valence-electron chi connectivity index (χ2n) is 4.63. The molecule has 0 aromatic carbocycles. The maximum atomic E-state index is 11.8. The molecule has 0 radical (unpaired) electrons. The Morgan fingerprint density at radius 2 is 2.25 bits per heavy atom. The van der Waals surface area contributed by atoms with E-state index in [0.29, 0.717) is 6.04 Å². The van der Waals surface area contributed by atoms with Crippen molar-refractivity contribution in [1.29, 1.82) is 0 Å². The number of piperazine rings is 1. The number of nitrogens with one attached hydrogen (secondary N) is 1. The molecule has 2 rings (SSSR count). The van der Waals surface area contributed by atoms with Crippen molar-refractivity contribution in [2.45, 2.75) is 44.3 Å². The Bertz CT molecular complexity index is 302. The molecule has 1 aliphatic heterocycles. The van der Waals surface area contributed by atoms with Crippen molar-refractivity contribution in [3.63, 3.8) is 0 Å². The van der Waals surface area contributed by atoms with E-state index in [0.717, 1.165) is 19.4 Å². The maximum Gasteiger partial charge on any atom is 0.307 e. The molecule has 0 aromatic heterocycles. The molecule has 0 aromatic rings. The lowest BCUT2D eigenvalue weighted by molar-refractivity contribution is -0.146. The van der Waals surface area contributed by atoms with Gasteiger partial charge in [0.15, 0.2) is 0 Å². The lowest BCUT2D eigenvalue weighted by atomic mass is 10.1. The molecule has 1 heterocycles. The smallest absolute Gasteiger partial charge is 0.307 e. The van der Waals surface area contributed by atoms with E-state index in [1.54, 1.807) is 0 Å². The van der Waals surface area contributed by atoms with Gasteiger partial charge in [-0.3, -0.25) is 14.5 Å². The molecule has 0 spiro atoms. The van der Waals surface area contributed by atoms with E-state index < -0.39 is 0 Å². The summed E-state index contributed by atoms with van der Waals surface area (Å²) in [5.41, 5.74) is 0. The number of methoxy groups -OCH3 is 1. The van der Waals surface area contributed by atoms with Crippen LogP contribution in [0.2, 0.25) is 0 Å². The highest BCUT2D eigenvalue weighted by atomic mass is 16.5. The number of esters is 1.